The second kappa shape index (κ2) is 8.11. The number of hydrogen-bond acceptors (Lipinski definition) is 1. The number of aliphatic imine (C=N–C) groups is 1. The molecule has 0 spiro atoms. The van der Waals surface area contributed by atoms with Crippen LogP contribution in [0, 0.1) is 0 Å². The molecular formula is C19H21N. The first-order valence-corrected chi connectivity index (χ1v) is 7.19. The number of nitrogens with zero attached hydrogens (tertiary/aromatic N) is 1. The van der Waals surface area contributed by atoms with Crippen LogP contribution in [0.2, 0.25) is 0 Å². The van der Waals surface area contributed by atoms with Crippen LogP contribution in [0.5, 0.6) is 0 Å². The lowest BCUT2D eigenvalue weighted by Gasteiger charge is -2.00. The fourth-order valence-corrected chi connectivity index (χ4v) is 1.99. The molecule has 0 radical (unpaired) electrons. The van der Waals surface area contributed by atoms with Crippen LogP contribution < -0.4 is 0 Å². The Morgan fingerprint density at radius 2 is 1.60 bits per heavy atom. The average molecular weight is 263 g/mol. The van der Waals surface area contributed by atoms with Crippen molar-refractivity contribution in [1.82, 2.24) is 0 Å². The lowest BCUT2D eigenvalue weighted by Crippen LogP contribution is -1.88. The summed E-state index contributed by atoms with van der Waals surface area (Å²) in [5.74, 6) is 0. The third-order valence-corrected chi connectivity index (χ3v) is 3.10. The Bertz CT molecular complexity index is 567. The summed E-state index contributed by atoms with van der Waals surface area (Å²) in [5.41, 5.74) is 3.65. The van der Waals surface area contributed by atoms with Crippen molar-refractivity contribution < 1.29 is 0 Å². The molecule has 0 amide bonds. The van der Waals surface area contributed by atoms with Crippen LogP contribution in [0.25, 0.3) is 6.08 Å². The summed E-state index contributed by atoms with van der Waals surface area (Å²) in [6.45, 7) is 2.92. The molecular weight excluding hydrogens is 242 g/mol. The molecule has 1 nitrogen and oxygen atoms in total. The Hall–Kier alpha value is -2.15. The quantitative estimate of drug-likeness (QED) is 0.641. The molecule has 0 heterocycles. The predicted octanol–water partition coefficient (Wildman–Crippen LogP) is 5.12. The van der Waals surface area contributed by atoms with E-state index < -0.39 is 0 Å². The first-order valence-electron chi connectivity index (χ1n) is 7.19. The minimum Gasteiger partial charge on any atom is -0.288 e. The second-order valence-corrected chi connectivity index (χ2v) is 4.78. The monoisotopic (exact) mass is 263 g/mol. The molecule has 102 valence electrons. The van der Waals surface area contributed by atoms with E-state index >= 15 is 0 Å². The summed E-state index contributed by atoms with van der Waals surface area (Å²) in [5, 5.41) is 0. The number of allylic oxidation sites excluding steroid dienone is 1. The largest absolute Gasteiger partial charge is 0.288 e. The van der Waals surface area contributed by atoms with Crippen molar-refractivity contribution in [3.8, 4) is 0 Å². The van der Waals surface area contributed by atoms with E-state index in [1.54, 1.807) is 0 Å². The van der Waals surface area contributed by atoms with E-state index in [0.29, 0.717) is 0 Å². The summed E-state index contributed by atoms with van der Waals surface area (Å²) in [6, 6.07) is 18.7. The molecule has 0 N–H and O–H groups in total. The number of benzene rings is 2. The smallest absolute Gasteiger partial charge is 0.0639 e. The highest BCUT2D eigenvalue weighted by Gasteiger charge is 1.94. The Labute approximate surface area is 121 Å². The molecule has 0 saturated carbocycles. The molecule has 0 aliphatic rings. The van der Waals surface area contributed by atoms with E-state index in [-0.39, 0.29) is 0 Å². The highest BCUT2D eigenvalue weighted by Crippen LogP contribution is 2.10. The highest BCUT2D eigenvalue weighted by molar-refractivity contribution is 5.85. The van der Waals surface area contributed by atoms with Crippen molar-refractivity contribution in [2.75, 3.05) is 0 Å². The SMILES string of the molecule is CCC/C=C\c1ccccc1C=NCc1ccccc1. The van der Waals surface area contributed by atoms with Crippen molar-refractivity contribution in [3.05, 3.63) is 77.4 Å². The first kappa shape index (κ1) is 14.3. The maximum absolute atomic E-state index is 4.54. The van der Waals surface area contributed by atoms with Crippen molar-refractivity contribution in [1.29, 1.82) is 0 Å². The van der Waals surface area contributed by atoms with Crippen LogP contribution in [0.3, 0.4) is 0 Å². The predicted molar refractivity (Wildman–Crippen MR) is 88.1 cm³/mol. The molecule has 1 heteroatoms. The van der Waals surface area contributed by atoms with Gasteiger partial charge < -0.3 is 0 Å². The van der Waals surface area contributed by atoms with Crippen LogP contribution in [0.4, 0.5) is 0 Å². The third kappa shape index (κ3) is 4.51. The molecule has 0 aromatic heterocycles. The van der Waals surface area contributed by atoms with Gasteiger partial charge in [0.15, 0.2) is 0 Å². The van der Waals surface area contributed by atoms with Gasteiger partial charge in [-0.3, -0.25) is 4.99 Å². The van der Waals surface area contributed by atoms with Gasteiger partial charge in [0.05, 0.1) is 6.54 Å². The molecule has 0 bridgehead atoms. The van der Waals surface area contributed by atoms with Gasteiger partial charge in [0.1, 0.15) is 0 Å². The summed E-state index contributed by atoms with van der Waals surface area (Å²) >= 11 is 0. The van der Waals surface area contributed by atoms with E-state index in [1.807, 2.05) is 24.4 Å². The molecule has 20 heavy (non-hydrogen) atoms. The van der Waals surface area contributed by atoms with Crippen molar-refractivity contribution in [3.63, 3.8) is 0 Å². The zero-order valence-electron chi connectivity index (χ0n) is 12.0. The van der Waals surface area contributed by atoms with Gasteiger partial charge in [-0.25, -0.2) is 0 Å². The van der Waals surface area contributed by atoms with Gasteiger partial charge in [-0.2, -0.15) is 0 Å². The minimum atomic E-state index is 0.730. The molecule has 2 rings (SSSR count). The molecule has 0 fully saturated rings. The molecule has 0 aliphatic carbocycles. The van der Waals surface area contributed by atoms with Crippen molar-refractivity contribution >= 4 is 12.3 Å². The molecule has 0 saturated heterocycles. The lowest BCUT2D eigenvalue weighted by atomic mass is 10.1. The maximum atomic E-state index is 4.54. The van der Waals surface area contributed by atoms with Crippen LogP contribution in [-0.2, 0) is 6.54 Å². The van der Waals surface area contributed by atoms with Crippen molar-refractivity contribution in [2.24, 2.45) is 4.99 Å². The molecule has 0 atom stereocenters. The third-order valence-electron chi connectivity index (χ3n) is 3.10. The van der Waals surface area contributed by atoms with E-state index in [1.165, 1.54) is 23.1 Å². The Morgan fingerprint density at radius 1 is 0.900 bits per heavy atom. The first-order chi connectivity index (χ1) is 9.90. The van der Waals surface area contributed by atoms with E-state index in [0.717, 1.165) is 13.0 Å². The van der Waals surface area contributed by atoms with Crippen LogP contribution in [0.15, 0.2) is 65.7 Å². The summed E-state index contributed by atoms with van der Waals surface area (Å²) < 4.78 is 0. The minimum absolute atomic E-state index is 0.730. The van der Waals surface area contributed by atoms with Gasteiger partial charge >= 0.3 is 0 Å². The molecule has 0 aliphatic heterocycles. The van der Waals surface area contributed by atoms with E-state index in [4.69, 9.17) is 0 Å². The maximum Gasteiger partial charge on any atom is 0.0639 e. The topological polar surface area (TPSA) is 12.4 Å². The van der Waals surface area contributed by atoms with Crippen LogP contribution in [-0.4, -0.2) is 6.21 Å². The van der Waals surface area contributed by atoms with Gasteiger partial charge in [0.2, 0.25) is 0 Å². The summed E-state index contributed by atoms with van der Waals surface area (Å²) in [6.07, 6.45) is 8.69. The Kier molecular flexibility index (Phi) is 5.78. The molecule has 0 unspecified atom stereocenters. The van der Waals surface area contributed by atoms with Gasteiger partial charge in [-0.15, -0.1) is 0 Å². The second-order valence-electron chi connectivity index (χ2n) is 4.78. The molecule has 2 aromatic rings. The van der Waals surface area contributed by atoms with E-state index in [2.05, 4.69) is 60.5 Å². The zero-order chi connectivity index (χ0) is 14.0. The normalized spacial score (nSPS) is 11.4. The number of unbranched alkanes of at least 4 members (excludes halogenated alkanes) is 1. The van der Waals surface area contributed by atoms with Crippen molar-refractivity contribution in [2.45, 2.75) is 26.3 Å². The standard InChI is InChI=1S/C19H21N/c1-2-3-5-12-18-13-8-9-14-19(18)16-20-15-17-10-6-4-7-11-17/h4-14,16H,2-3,15H2,1H3/b12-5-,20-16?. The molecule has 2 aromatic carbocycles. The van der Waals surface area contributed by atoms with Crippen LogP contribution >= 0.6 is 0 Å². The Balaban J connectivity index is 2.05. The zero-order valence-corrected chi connectivity index (χ0v) is 12.0. The summed E-state index contributed by atoms with van der Waals surface area (Å²) in [4.78, 5) is 4.54. The van der Waals surface area contributed by atoms with Crippen LogP contribution in [0.1, 0.15) is 36.5 Å². The van der Waals surface area contributed by atoms with E-state index in [9.17, 15) is 0 Å². The van der Waals surface area contributed by atoms with Gasteiger partial charge in [0, 0.05) is 6.21 Å². The number of hydrogen-bond donors (Lipinski definition) is 0. The van der Waals surface area contributed by atoms with Gasteiger partial charge in [0.25, 0.3) is 0 Å². The number of rotatable bonds is 6. The lowest BCUT2D eigenvalue weighted by molar-refractivity contribution is 0.962. The summed E-state index contributed by atoms with van der Waals surface area (Å²) in [7, 11) is 0. The highest BCUT2D eigenvalue weighted by atomic mass is 14.7. The fraction of sp³-hybridized carbons (Fsp3) is 0.211. The fourth-order valence-electron chi connectivity index (χ4n) is 1.99. The average Bonchev–Trinajstić information content (AvgIpc) is 2.50. The van der Waals surface area contributed by atoms with Gasteiger partial charge in [-0.1, -0.05) is 80.1 Å². The van der Waals surface area contributed by atoms with Gasteiger partial charge in [-0.05, 0) is 23.1 Å². The Morgan fingerprint density at radius 3 is 2.35 bits per heavy atom.